The molecule has 0 heterocycles. The summed E-state index contributed by atoms with van der Waals surface area (Å²) in [5.41, 5.74) is 1.32. The normalized spacial score (nSPS) is 12.4. The smallest absolute Gasteiger partial charge is 0.163 e. The number of halogens is 3. The molecule has 0 aliphatic rings. The minimum atomic E-state index is -0.832. The molecule has 2 aromatic rings. The number of nitrogens with one attached hydrogen (secondary N) is 1. The van der Waals surface area contributed by atoms with Gasteiger partial charge in [-0.25, -0.2) is 8.78 Å². The minimum Gasteiger partial charge on any atom is -0.305 e. The highest BCUT2D eigenvalue weighted by molar-refractivity contribution is 6.18. The van der Waals surface area contributed by atoms with Crippen molar-refractivity contribution in [1.82, 2.24) is 5.32 Å². The second-order valence-electron chi connectivity index (χ2n) is 4.21. The van der Waals surface area contributed by atoms with Crippen molar-refractivity contribution in [2.45, 2.75) is 12.6 Å². The summed E-state index contributed by atoms with van der Waals surface area (Å²) < 4.78 is 26.6. The maximum Gasteiger partial charge on any atom is 0.163 e. The molecule has 0 aromatic heterocycles. The Kier molecular flexibility index (Phi) is 4.88. The molecule has 0 bridgehead atoms. The summed E-state index contributed by atoms with van der Waals surface area (Å²) >= 11 is 5.91. The van der Waals surface area contributed by atoms with Crippen LogP contribution in [0.4, 0.5) is 8.78 Å². The van der Waals surface area contributed by atoms with Crippen LogP contribution in [0.2, 0.25) is 0 Å². The van der Waals surface area contributed by atoms with E-state index >= 15 is 0 Å². The van der Waals surface area contributed by atoms with Crippen LogP contribution < -0.4 is 5.32 Å². The summed E-state index contributed by atoms with van der Waals surface area (Å²) in [6.45, 7) is 0.232. The Hall–Kier alpha value is -1.45. The van der Waals surface area contributed by atoms with Crippen LogP contribution in [0.15, 0.2) is 48.5 Å². The summed E-state index contributed by atoms with van der Waals surface area (Å²) in [7, 11) is 0. The average molecular weight is 282 g/mol. The van der Waals surface area contributed by atoms with Crippen LogP contribution in [0, 0.1) is 11.6 Å². The fourth-order valence-electron chi connectivity index (χ4n) is 1.86. The van der Waals surface area contributed by atoms with Crippen molar-refractivity contribution in [1.29, 1.82) is 0 Å². The summed E-state index contributed by atoms with van der Waals surface area (Å²) in [4.78, 5) is 0. The van der Waals surface area contributed by atoms with Gasteiger partial charge in [0.25, 0.3) is 0 Å². The predicted molar refractivity (Wildman–Crippen MR) is 73.1 cm³/mol. The van der Waals surface area contributed by atoms with Gasteiger partial charge in [-0.3, -0.25) is 0 Å². The number of benzene rings is 2. The van der Waals surface area contributed by atoms with Crippen molar-refractivity contribution in [2.75, 3.05) is 5.88 Å². The number of hydrogen-bond acceptors (Lipinski definition) is 1. The summed E-state index contributed by atoms with van der Waals surface area (Å²) in [6.07, 6.45) is 0. The lowest BCUT2D eigenvalue weighted by atomic mass is 10.1. The predicted octanol–water partition coefficient (Wildman–Crippen LogP) is 4.03. The summed E-state index contributed by atoms with van der Waals surface area (Å²) in [6, 6.07) is 13.7. The maximum absolute atomic E-state index is 13.5. The van der Waals surface area contributed by atoms with Crippen molar-refractivity contribution in [3.8, 4) is 0 Å². The molecule has 0 saturated heterocycles. The Morgan fingerprint density at radius 2 is 1.74 bits per heavy atom. The van der Waals surface area contributed by atoms with Crippen molar-refractivity contribution in [3.05, 3.63) is 71.3 Å². The molecule has 0 fully saturated rings. The number of alkyl halides is 1. The van der Waals surface area contributed by atoms with Gasteiger partial charge in [0, 0.05) is 24.0 Å². The number of hydrogen-bond donors (Lipinski definition) is 1. The zero-order chi connectivity index (χ0) is 13.7. The van der Waals surface area contributed by atoms with Gasteiger partial charge in [0.05, 0.1) is 0 Å². The van der Waals surface area contributed by atoms with Crippen LogP contribution in [0.5, 0.6) is 0 Å². The zero-order valence-electron chi connectivity index (χ0n) is 10.2. The van der Waals surface area contributed by atoms with Gasteiger partial charge in [-0.15, -0.1) is 11.6 Å². The van der Waals surface area contributed by atoms with Gasteiger partial charge in [-0.05, 0) is 11.6 Å². The van der Waals surface area contributed by atoms with Crippen LogP contribution in [0.25, 0.3) is 0 Å². The lowest BCUT2D eigenvalue weighted by Gasteiger charge is -2.16. The first-order valence-corrected chi connectivity index (χ1v) is 6.53. The average Bonchev–Trinajstić information content (AvgIpc) is 2.45. The Morgan fingerprint density at radius 1 is 1.00 bits per heavy atom. The topological polar surface area (TPSA) is 12.0 Å². The quantitative estimate of drug-likeness (QED) is 0.816. The van der Waals surface area contributed by atoms with E-state index in [9.17, 15) is 8.78 Å². The molecule has 1 nitrogen and oxygen atoms in total. The Morgan fingerprint density at radius 3 is 2.42 bits per heavy atom. The Balaban J connectivity index is 2.06. The maximum atomic E-state index is 13.5. The first-order valence-electron chi connectivity index (χ1n) is 5.99. The minimum absolute atomic E-state index is 0.0921. The second kappa shape index (κ2) is 6.64. The molecule has 1 atom stereocenters. The molecule has 1 N–H and O–H groups in total. The van der Waals surface area contributed by atoms with Crippen LogP contribution in [0.1, 0.15) is 17.2 Å². The van der Waals surface area contributed by atoms with Gasteiger partial charge < -0.3 is 5.32 Å². The molecule has 100 valence electrons. The highest BCUT2D eigenvalue weighted by Gasteiger charge is 2.12. The molecule has 4 heteroatoms. The van der Waals surface area contributed by atoms with Gasteiger partial charge in [0.2, 0.25) is 0 Å². The van der Waals surface area contributed by atoms with E-state index in [1.165, 1.54) is 6.07 Å². The molecule has 2 rings (SSSR count). The van der Waals surface area contributed by atoms with Gasteiger partial charge in [0.15, 0.2) is 11.6 Å². The third-order valence-corrected chi connectivity index (χ3v) is 3.24. The van der Waals surface area contributed by atoms with Gasteiger partial charge in [-0.1, -0.05) is 42.5 Å². The molecule has 19 heavy (non-hydrogen) atoms. The molecule has 0 radical (unpaired) electrons. The molecule has 2 aromatic carbocycles. The Bertz CT molecular complexity index is 531. The lowest BCUT2D eigenvalue weighted by molar-refractivity contribution is 0.485. The van der Waals surface area contributed by atoms with E-state index in [2.05, 4.69) is 5.32 Å². The molecule has 1 unspecified atom stereocenters. The van der Waals surface area contributed by atoms with Crippen molar-refractivity contribution in [3.63, 3.8) is 0 Å². The molecule has 0 aliphatic heterocycles. The molecule has 0 spiro atoms. The fourth-order valence-corrected chi connectivity index (χ4v) is 2.15. The van der Waals surface area contributed by atoms with E-state index in [1.54, 1.807) is 6.07 Å². The van der Waals surface area contributed by atoms with E-state index in [4.69, 9.17) is 11.6 Å². The fraction of sp³-hybridized carbons (Fsp3) is 0.200. The lowest BCUT2D eigenvalue weighted by Crippen LogP contribution is -2.22. The van der Waals surface area contributed by atoms with Crippen LogP contribution in [0.3, 0.4) is 0 Å². The first-order chi connectivity index (χ1) is 9.22. The zero-order valence-corrected chi connectivity index (χ0v) is 11.0. The second-order valence-corrected chi connectivity index (χ2v) is 4.52. The van der Waals surface area contributed by atoms with Crippen LogP contribution >= 0.6 is 11.6 Å². The van der Waals surface area contributed by atoms with Crippen molar-refractivity contribution in [2.24, 2.45) is 0 Å². The molecule has 0 saturated carbocycles. The molecule has 0 amide bonds. The largest absolute Gasteiger partial charge is 0.305 e. The SMILES string of the molecule is Fc1cccc(CNC(CCl)c2ccccc2)c1F. The van der Waals surface area contributed by atoms with E-state index in [0.29, 0.717) is 11.4 Å². The van der Waals surface area contributed by atoms with Gasteiger partial charge in [-0.2, -0.15) is 0 Å². The Labute approximate surface area is 116 Å². The standard InChI is InChI=1S/C15H14ClF2N/c16-9-14(11-5-2-1-3-6-11)19-10-12-7-4-8-13(17)15(12)18/h1-8,14,19H,9-10H2. The van der Waals surface area contributed by atoms with E-state index < -0.39 is 11.6 Å². The van der Waals surface area contributed by atoms with Crippen LogP contribution in [-0.2, 0) is 6.54 Å². The van der Waals surface area contributed by atoms with Crippen LogP contribution in [-0.4, -0.2) is 5.88 Å². The highest BCUT2D eigenvalue weighted by Crippen LogP contribution is 2.16. The number of rotatable bonds is 5. The van der Waals surface area contributed by atoms with Crippen molar-refractivity contribution < 1.29 is 8.78 Å². The van der Waals surface area contributed by atoms with E-state index in [0.717, 1.165) is 11.6 Å². The van der Waals surface area contributed by atoms with Gasteiger partial charge >= 0.3 is 0 Å². The summed E-state index contributed by atoms with van der Waals surface area (Å²) in [5, 5.41) is 3.13. The van der Waals surface area contributed by atoms with Crippen molar-refractivity contribution >= 4 is 11.6 Å². The summed E-state index contributed by atoms with van der Waals surface area (Å²) in [5.74, 6) is -1.28. The van der Waals surface area contributed by atoms with E-state index in [1.807, 2.05) is 30.3 Å². The highest BCUT2D eigenvalue weighted by atomic mass is 35.5. The third kappa shape index (κ3) is 3.52. The molecular weight excluding hydrogens is 268 g/mol. The van der Waals surface area contributed by atoms with Gasteiger partial charge in [0.1, 0.15) is 0 Å². The van der Waals surface area contributed by atoms with E-state index in [-0.39, 0.29) is 12.6 Å². The molecule has 0 aliphatic carbocycles. The monoisotopic (exact) mass is 281 g/mol. The third-order valence-electron chi connectivity index (χ3n) is 2.93. The molecular formula is C15H14ClF2N. The first kappa shape index (κ1) is 14.0.